The van der Waals surface area contributed by atoms with Gasteiger partial charge >= 0.3 is 6.18 Å². The first-order valence-electron chi connectivity index (χ1n) is 7.73. The summed E-state index contributed by atoms with van der Waals surface area (Å²) in [5.74, 6) is 0.109. The van der Waals surface area contributed by atoms with E-state index >= 15 is 0 Å². The summed E-state index contributed by atoms with van der Waals surface area (Å²) in [5, 5.41) is 2.39. The van der Waals surface area contributed by atoms with E-state index in [9.17, 15) is 18.0 Å². The first kappa shape index (κ1) is 18.1. The molecule has 1 amide bonds. The Bertz CT molecular complexity index is 569. The van der Waals surface area contributed by atoms with Crippen LogP contribution in [0.25, 0.3) is 0 Å². The zero-order valence-electron chi connectivity index (χ0n) is 12.7. The van der Waals surface area contributed by atoms with Crippen molar-refractivity contribution in [3.8, 4) is 0 Å². The van der Waals surface area contributed by atoms with Crippen LogP contribution in [0.4, 0.5) is 24.5 Å². The topological polar surface area (TPSA) is 55.1 Å². The number of carbonyl (C=O) groups excluding carboxylic acids is 1. The van der Waals surface area contributed by atoms with Crippen molar-refractivity contribution in [1.82, 2.24) is 0 Å². The molecule has 3 N–H and O–H groups in total. The van der Waals surface area contributed by atoms with E-state index in [1.807, 2.05) is 0 Å². The lowest BCUT2D eigenvalue weighted by Crippen LogP contribution is -2.18. The molecule has 0 heterocycles. The van der Waals surface area contributed by atoms with Crippen LogP contribution in [0.2, 0.25) is 0 Å². The minimum absolute atomic E-state index is 0.00981. The Kier molecular flexibility index (Phi) is 5.95. The highest BCUT2D eigenvalue weighted by Gasteiger charge is 2.35. The molecule has 1 fully saturated rings. The monoisotopic (exact) mass is 392 g/mol. The third-order valence-electron chi connectivity index (χ3n) is 4.19. The zero-order chi connectivity index (χ0) is 17.0. The van der Waals surface area contributed by atoms with Crippen LogP contribution < -0.4 is 11.1 Å². The van der Waals surface area contributed by atoms with Gasteiger partial charge in [0.2, 0.25) is 5.91 Å². The second-order valence-electron chi connectivity index (χ2n) is 6.01. The van der Waals surface area contributed by atoms with E-state index in [0.29, 0.717) is 5.92 Å². The Balaban J connectivity index is 2.05. The molecule has 3 nitrogen and oxygen atoms in total. The largest absolute Gasteiger partial charge is 0.418 e. The van der Waals surface area contributed by atoms with Crippen LogP contribution in [-0.2, 0) is 11.0 Å². The third-order valence-corrected chi connectivity index (χ3v) is 4.81. The number of anilines is 2. The quantitative estimate of drug-likeness (QED) is 0.678. The van der Waals surface area contributed by atoms with E-state index in [1.54, 1.807) is 0 Å². The fourth-order valence-corrected chi connectivity index (χ4v) is 3.57. The smallest absolute Gasteiger partial charge is 0.399 e. The van der Waals surface area contributed by atoms with Gasteiger partial charge in [-0.1, -0.05) is 32.1 Å². The first-order chi connectivity index (χ1) is 10.8. The number of halogens is 4. The molecule has 23 heavy (non-hydrogen) atoms. The molecule has 0 saturated heterocycles. The summed E-state index contributed by atoms with van der Waals surface area (Å²) in [6, 6.07) is 2.19. The molecule has 0 aliphatic heterocycles. The van der Waals surface area contributed by atoms with Crippen LogP contribution in [0.5, 0.6) is 0 Å². The predicted molar refractivity (Wildman–Crippen MR) is 88.0 cm³/mol. The lowest BCUT2D eigenvalue weighted by atomic mass is 9.86. The average Bonchev–Trinajstić information content (AvgIpc) is 2.47. The maximum absolute atomic E-state index is 13.1. The molecule has 0 atom stereocenters. The van der Waals surface area contributed by atoms with Crippen molar-refractivity contribution in [2.24, 2.45) is 5.92 Å². The summed E-state index contributed by atoms with van der Waals surface area (Å²) in [5.41, 5.74) is 4.26. The predicted octanol–water partition coefficient (Wildman–Crippen LogP) is 5.35. The van der Waals surface area contributed by atoms with Crippen LogP contribution in [0.15, 0.2) is 16.6 Å². The van der Waals surface area contributed by atoms with E-state index in [0.717, 1.165) is 25.3 Å². The van der Waals surface area contributed by atoms with Gasteiger partial charge in [-0.15, -0.1) is 0 Å². The molecule has 1 aromatic rings. The Morgan fingerprint density at radius 2 is 1.91 bits per heavy atom. The number of carbonyl (C=O) groups is 1. The highest BCUT2D eigenvalue weighted by atomic mass is 79.9. The van der Waals surface area contributed by atoms with E-state index < -0.39 is 17.6 Å². The molecule has 1 aromatic carbocycles. The van der Waals surface area contributed by atoms with Crippen molar-refractivity contribution >= 4 is 33.2 Å². The number of nitrogens with one attached hydrogen (secondary N) is 1. The normalized spacial score (nSPS) is 16.3. The van der Waals surface area contributed by atoms with E-state index in [4.69, 9.17) is 5.73 Å². The SMILES string of the molecule is Nc1cc(Br)c(NC(=O)CCC2CCCCC2)c(C(F)(F)F)c1. The van der Waals surface area contributed by atoms with Crippen molar-refractivity contribution in [3.05, 3.63) is 22.2 Å². The molecule has 0 unspecified atom stereocenters. The summed E-state index contributed by atoms with van der Waals surface area (Å²) in [7, 11) is 0. The average molecular weight is 393 g/mol. The Labute approximate surface area is 141 Å². The summed E-state index contributed by atoms with van der Waals surface area (Å²) in [6.07, 6.45) is 2.17. The van der Waals surface area contributed by atoms with Crippen LogP contribution in [0.3, 0.4) is 0 Å². The van der Waals surface area contributed by atoms with Gasteiger partial charge in [-0.05, 0) is 40.4 Å². The molecule has 0 radical (unpaired) electrons. The molecule has 0 spiro atoms. The molecule has 0 bridgehead atoms. The minimum atomic E-state index is -4.58. The van der Waals surface area contributed by atoms with Gasteiger partial charge in [-0.2, -0.15) is 13.2 Å². The number of nitrogens with two attached hydrogens (primary N) is 1. The highest BCUT2D eigenvalue weighted by Crippen LogP contribution is 2.40. The molecule has 128 valence electrons. The van der Waals surface area contributed by atoms with Gasteiger partial charge in [-0.25, -0.2) is 0 Å². The van der Waals surface area contributed by atoms with Gasteiger partial charge in [0, 0.05) is 16.6 Å². The summed E-state index contributed by atoms with van der Waals surface area (Å²) >= 11 is 3.05. The van der Waals surface area contributed by atoms with Gasteiger partial charge in [-0.3, -0.25) is 4.79 Å². The van der Waals surface area contributed by atoms with Crippen LogP contribution in [0.1, 0.15) is 50.5 Å². The number of amides is 1. The molecule has 1 saturated carbocycles. The highest BCUT2D eigenvalue weighted by molar-refractivity contribution is 9.10. The molecular weight excluding hydrogens is 373 g/mol. The van der Waals surface area contributed by atoms with Gasteiger partial charge in [0.25, 0.3) is 0 Å². The van der Waals surface area contributed by atoms with Gasteiger partial charge in [0.05, 0.1) is 11.3 Å². The Morgan fingerprint density at radius 3 is 2.52 bits per heavy atom. The molecular formula is C16H20BrF3N2O. The fraction of sp³-hybridized carbons (Fsp3) is 0.562. The molecule has 0 aromatic heterocycles. The Hall–Kier alpha value is -1.24. The number of hydrogen-bond acceptors (Lipinski definition) is 2. The molecule has 1 aliphatic rings. The number of rotatable bonds is 4. The zero-order valence-corrected chi connectivity index (χ0v) is 14.3. The number of nitrogen functional groups attached to an aromatic ring is 1. The number of hydrogen-bond donors (Lipinski definition) is 2. The molecule has 1 aliphatic carbocycles. The third kappa shape index (κ3) is 5.12. The lowest BCUT2D eigenvalue weighted by molar-refractivity contribution is -0.137. The van der Waals surface area contributed by atoms with Crippen molar-refractivity contribution in [2.45, 2.75) is 51.1 Å². The van der Waals surface area contributed by atoms with Crippen molar-refractivity contribution in [1.29, 1.82) is 0 Å². The standard InChI is InChI=1S/C16H20BrF3N2O/c17-13-9-11(21)8-12(16(18,19)20)15(13)22-14(23)7-6-10-4-2-1-3-5-10/h8-10H,1-7,21H2,(H,22,23). The minimum Gasteiger partial charge on any atom is -0.399 e. The lowest BCUT2D eigenvalue weighted by Gasteiger charge is -2.21. The summed E-state index contributed by atoms with van der Waals surface area (Å²) < 4.78 is 39.5. The van der Waals surface area contributed by atoms with Crippen LogP contribution in [-0.4, -0.2) is 5.91 Å². The second kappa shape index (κ2) is 7.55. The summed E-state index contributed by atoms with van der Waals surface area (Å²) in [4.78, 5) is 12.0. The summed E-state index contributed by atoms with van der Waals surface area (Å²) in [6.45, 7) is 0. The van der Waals surface area contributed by atoms with Gasteiger partial charge in [0.1, 0.15) is 0 Å². The molecule has 7 heteroatoms. The number of benzene rings is 1. The molecule has 2 rings (SSSR count). The fourth-order valence-electron chi connectivity index (χ4n) is 2.99. The van der Waals surface area contributed by atoms with Crippen LogP contribution >= 0.6 is 15.9 Å². The van der Waals surface area contributed by atoms with Gasteiger partial charge in [0.15, 0.2) is 0 Å². The second-order valence-corrected chi connectivity index (χ2v) is 6.87. The van der Waals surface area contributed by atoms with Crippen LogP contribution in [0, 0.1) is 5.92 Å². The van der Waals surface area contributed by atoms with Crippen molar-refractivity contribution < 1.29 is 18.0 Å². The first-order valence-corrected chi connectivity index (χ1v) is 8.52. The Morgan fingerprint density at radius 1 is 1.26 bits per heavy atom. The number of alkyl halides is 3. The maximum Gasteiger partial charge on any atom is 0.418 e. The van der Waals surface area contributed by atoms with E-state index in [1.165, 1.54) is 25.3 Å². The maximum atomic E-state index is 13.1. The van der Waals surface area contributed by atoms with Crippen molar-refractivity contribution in [2.75, 3.05) is 11.1 Å². The van der Waals surface area contributed by atoms with Crippen molar-refractivity contribution in [3.63, 3.8) is 0 Å². The van der Waals surface area contributed by atoms with Gasteiger partial charge < -0.3 is 11.1 Å². The van der Waals surface area contributed by atoms with E-state index in [2.05, 4.69) is 21.2 Å². The van der Waals surface area contributed by atoms with E-state index in [-0.39, 0.29) is 22.3 Å².